The Bertz CT molecular complexity index is 903. The van der Waals surface area contributed by atoms with E-state index >= 15 is 0 Å². The third-order valence-electron chi connectivity index (χ3n) is 4.75. The molecule has 28 heavy (non-hydrogen) atoms. The van der Waals surface area contributed by atoms with Gasteiger partial charge >= 0.3 is 0 Å². The molecule has 0 aliphatic rings. The lowest BCUT2D eigenvalue weighted by molar-refractivity contribution is -0.121. The molecule has 3 aromatic rings. The number of benzene rings is 2. The Morgan fingerprint density at radius 3 is 2.71 bits per heavy atom. The topological polar surface area (TPSA) is 43.3 Å². The highest BCUT2D eigenvalue weighted by Crippen LogP contribution is 2.23. The minimum atomic E-state index is -0.228. The Labute approximate surface area is 165 Å². The Balaban J connectivity index is 1.63. The van der Waals surface area contributed by atoms with Gasteiger partial charge in [0.15, 0.2) is 0 Å². The second kappa shape index (κ2) is 10.0. The van der Waals surface area contributed by atoms with Crippen molar-refractivity contribution < 1.29 is 13.9 Å². The van der Waals surface area contributed by atoms with Crippen LogP contribution in [0.4, 0.5) is 4.39 Å². The molecule has 1 N–H and O–H groups in total. The smallest absolute Gasteiger partial charge is 0.220 e. The molecule has 4 nitrogen and oxygen atoms in total. The molecule has 0 aliphatic heterocycles. The molecule has 2 aromatic carbocycles. The van der Waals surface area contributed by atoms with Crippen LogP contribution in [0.25, 0.3) is 10.9 Å². The van der Waals surface area contributed by atoms with Gasteiger partial charge in [0.25, 0.3) is 0 Å². The Hall–Kier alpha value is -2.66. The first-order valence-corrected chi connectivity index (χ1v) is 9.83. The largest absolute Gasteiger partial charge is 0.382 e. The molecule has 1 heterocycles. The minimum absolute atomic E-state index is 0.0619. The van der Waals surface area contributed by atoms with Gasteiger partial charge < -0.3 is 14.6 Å². The lowest BCUT2D eigenvalue weighted by Crippen LogP contribution is -2.25. The molecule has 0 aliphatic carbocycles. The highest BCUT2D eigenvalue weighted by atomic mass is 19.1. The predicted octanol–water partition coefficient (Wildman–Crippen LogP) is 4.30. The number of halogens is 1. The number of rotatable bonds is 10. The average molecular weight is 382 g/mol. The monoisotopic (exact) mass is 382 g/mol. The molecule has 0 atom stereocenters. The zero-order valence-corrected chi connectivity index (χ0v) is 16.3. The first-order valence-electron chi connectivity index (χ1n) is 9.83. The number of para-hydroxylation sites is 1. The van der Waals surface area contributed by atoms with Crippen LogP contribution in [0.1, 0.15) is 30.9 Å². The summed E-state index contributed by atoms with van der Waals surface area (Å²) in [5, 5.41) is 4.11. The molecule has 0 unspecified atom stereocenters. The van der Waals surface area contributed by atoms with Gasteiger partial charge in [-0.15, -0.1) is 0 Å². The molecule has 0 fully saturated rings. The van der Waals surface area contributed by atoms with E-state index in [1.54, 1.807) is 12.1 Å². The van der Waals surface area contributed by atoms with Crippen LogP contribution in [0.3, 0.4) is 0 Å². The van der Waals surface area contributed by atoms with Crippen LogP contribution in [0.5, 0.6) is 0 Å². The maximum absolute atomic E-state index is 13.2. The molecule has 0 saturated carbocycles. The van der Waals surface area contributed by atoms with Gasteiger partial charge in [0, 0.05) is 49.8 Å². The fourth-order valence-corrected chi connectivity index (χ4v) is 3.32. The van der Waals surface area contributed by atoms with Crippen LogP contribution >= 0.6 is 0 Å². The second-order valence-corrected chi connectivity index (χ2v) is 6.83. The van der Waals surface area contributed by atoms with Gasteiger partial charge in [0.05, 0.1) is 0 Å². The molecule has 1 amide bonds. The maximum atomic E-state index is 13.2. The van der Waals surface area contributed by atoms with Crippen LogP contribution in [-0.4, -0.2) is 30.2 Å². The first-order chi connectivity index (χ1) is 13.7. The van der Waals surface area contributed by atoms with Gasteiger partial charge in [-0.1, -0.05) is 30.3 Å². The standard InChI is InChI=1S/C23H27FN2O2/c1-2-28-15-5-14-25-23(27)13-10-19-17-26(22-7-4-3-6-21(19)22)16-18-8-11-20(24)12-9-18/h3-4,6-9,11-12,17H,2,5,10,13-16H2,1H3,(H,25,27). The number of ether oxygens (including phenoxy) is 1. The number of aromatic nitrogens is 1. The number of carbonyl (C=O) groups is 1. The second-order valence-electron chi connectivity index (χ2n) is 6.83. The van der Waals surface area contributed by atoms with Crippen LogP contribution < -0.4 is 5.32 Å². The minimum Gasteiger partial charge on any atom is -0.382 e. The van der Waals surface area contributed by atoms with Gasteiger partial charge in [0.2, 0.25) is 5.91 Å². The van der Waals surface area contributed by atoms with E-state index in [2.05, 4.69) is 28.2 Å². The third-order valence-corrected chi connectivity index (χ3v) is 4.75. The molecule has 0 spiro atoms. The van der Waals surface area contributed by atoms with E-state index in [0.29, 0.717) is 39.1 Å². The Kier molecular flexibility index (Phi) is 7.20. The van der Waals surface area contributed by atoms with Gasteiger partial charge in [-0.3, -0.25) is 4.79 Å². The summed E-state index contributed by atoms with van der Waals surface area (Å²) in [7, 11) is 0. The SMILES string of the molecule is CCOCCCNC(=O)CCc1cn(Cc2ccc(F)cc2)c2ccccc12. The van der Waals surface area contributed by atoms with Gasteiger partial charge in [-0.05, 0) is 49.1 Å². The van der Waals surface area contributed by atoms with E-state index in [1.807, 2.05) is 19.1 Å². The maximum Gasteiger partial charge on any atom is 0.220 e. The van der Waals surface area contributed by atoms with Crippen LogP contribution in [0.15, 0.2) is 54.7 Å². The van der Waals surface area contributed by atoms with E-state index < -0.39 is 0 Å². The number of amides is 1. The molecule has 1 aromatic heterocycles. The number of nitrogens with one attached hydrogen (secondary N) is 1. The Morgan fingerprint density at radius 2 is 1.93 bits per heavy atom. The number of carbonyl (C=O) groups excluding carboxylic acids is 1. The molecule has 0 saturated heterocycles. The summed E-state index contributed by atoms with van der Waals surface area (Å²) in [4.78, 5) is 12.1. The van der Waals surface area contributed by atoms with Gasteiger partial charge in [-0.25, -0.2) is 4.39 Å². The summed E-state index contributed by atoms with van der Waals surface area (Å²) in [6, 6.07) is 14.8. The van der Waals surface area contributed by atoms with Gasteiger partial charge in [0.1, 0.15) is 5.82 Å². The van der Waals surface area contributed by atoms with Crippen LogP contribution in [0.2, 0.25) is 0 Å². The number of nitrogens with zero attached hydrogens (tertiary/aromatic N) is 1. The number of hydrogen-bond donors (Lipinski definition) is 1. The molecule has 5 heteroatoms. The van der Waals surface area contributed by atoms with Crippen molar-refractivity contribution in [2.45, 2.75) is 32.7 Å². The van der Waals surface area contributed by atoms with Crippen molar-refractivity contribution in [3.8, 4) is 0 Å². The number of hydrogen-bond acceptors (Lipinski definition) is 2. The van der Waals surface area contributed by atoms with Crippen molar-refractivity contribution in [3.05, 3.63) is 71.7 Å². The average Bonchev–Trinajstić information content (AvgIpc) is 3.06. The van der Waals surface area contributed by atoms with Gasteiger partial charge in [-0.2, -0.15) is 0 Å². The summed E-state index contributed by atoms with van der Waals surface area (Å²) in [6.45, 7) is 4.66. The normalized spacial score (nSPS) is 11.1. The molecule has 0 bridgehead atoms. The van der Waals surface area contributed by atoms with Crippen molar-refractivity contribution >= 4 is 16.8 Å². The lowest BCUT2D eigenvalue weighted by Gasteiger charge is -2.05. The summed E-state index contributed by atoms with van der Waals surface area (Å²) < 4.78 is 20.6. The zero-order chi connectivity index (χ0) is 19.8. The van der Waals surface area contributed by atoms with E-state index in [1.165, 1.54) is 12.1 Å². The fraction of sp³-hybridized carbons (Fsp3) is 0.348. The van der Waals surface area contributed by atoms with Crippen molar-refractivity contribution in [2.24, 2.45) is 0 Å². The summed E-state index contributed by atoms with van der Waals surface area (Å²) in [6.07, 6.45) is 4.08. The first kappa shape index (κ1) is 20.1. The summed E-state index contributed by atoms with van der Waals surface area (Å²) in [5.41, 5.74) is 3.32. The quantitative estimate of drug-likeness (QED) is 0.531. The van der Waals surface area contributed by atoms with Crippen LogP contribution in [-0.2, 0) is 22.5 Å². The lowest BCUT2D eigenvalue weighted by atomic mass is 10.1. The van der Waals surface area contributed by atoms with E-state index in [4.69, 9.17) is 4.74 Å². The van der Waals surface area contributed by atoms with E-state index in [9.17, 15) is 9.18 Å². The molecule has 3 rings (SSSR count). The summed E-state index contributed by atoms with van der Waals surface area (Å²) in [5.74, 6) is -0.166. The van der Waals surface area contributed by atoms with Crippen molar-refractivity contribution in [3.63, 3.8) is 0 Å². The molecular formula is C23H27FN2O2. The number of fused-ring (bicyclic) bond motifs is 1. The fourth-order valence-electron chi connectivity index (χ4n) is 3.32. The van der Waals surface area contributed by atoms with Crippen molar-refractivity contribution in [2.75, 3.05) is 19.8 Å². The van der Waals surface area contributed by atoms with Crippen LogP contribution in [0, 0.1) is 5.82 Å². The molecular weight excluding hydrogens is 355 g/mol. The van der Waals surface area contributed by atoms with Crippen molar-refractivity contribution in [1.29, 1.82) is 0 Å². The van der Waals surface area contributed by atoms with Crippen molar-refractivity contribution in [1.82, 2.24) is 9.88 Å². The highest BCUT2D eigenvalue weighted by Gasteiger charge is 2.10. The highest BCUT2D eigenvalue weighted by molar-refractivity contribution is 5.85. The third kappa shape index (κ3) is 5.42. The summed E-state index contributed by atoms with van der Waals surface area (Å²) >= 11 is 0. The number of aryl methyl sites for hydroxylation is 1. The van der Waals surface area contributed by atoms with E-state index in [0.717, 1.165) is 28.5 Å². The molecule has 148 valence electrons. The zero-order valence-electron chi connectivity index (χ0n) is 16.3. The van der Waals surface area contributed by atoms with E-state index in [-0.39, 0.29) is 11.7 Å². The Morgan fingerprint density at radius 1 is 1.14 bits per heavy atom. The predicted molar refractivity (Wildman–Crippen MR) is 110 cm³/mol. The molecule has 0 radical (unpaired) electrons.